The highest BCUT2D eigenvalue weighted by Gasteiger charge is 2.31. The fourth-order valence-electron chi connectivity index (χ4n) is 2.56. The summed E-state index contributed by atoms with van der Waals surface area (Å²) in [5.41, 5.74) is 2.63. The second kappa shape index (κ2) is 4.65. The van der Waals surface area contributed by atoms with Gasteiger partial charge in [-0.05, 0) is 24.5 Å². The summed E-state index contributed by atoms with van der Waals surface area (Å²) in [6.45, 7) is 3.01. The molecule has 0 aliphatic heterocycles. The number of alkyl halides is 1. The first-order chi connectivity index (χ1) is 8.79. The van der Waals surface area contributed by atoms with Crippen LogP contribution in [0, 0.1) is 0 Å². The number of benzene rings is 1. The predicted molar refractivity (Wildman–Crippen MR) is 74.1 cm³/mol. The fraction of sp³-hybridized carbons (Fsp3) is 0.357. The Kier molecular flexibility index (Phi) is 3.00. The third-order valence-corrected chi connectivity index (χ3v) is 3.91. The lowest BCUT2D eigenvalue weighted by molar-refractivity contribution is 0.716. The summed E-state index contributed by atoms with van der Waals surface area (Å²) in [7, 11) is 0. The number of nitrogens with one attached hydrogen (secondary N) is 1. The zero-order valence-electron chi connectivity index (χ0n) is 10.3. The second-order valence-corrected chi connectivity index (χ2v) is 5.14. The molecule has 1 aliphatic carbocycles. The van der Waals surface area contributed by atoms with E-state index in [-0.39, 0.29) is 11.4 Å². The molecular weight excluding hydrogens is 246 g/mol. The SMILES string of the molecule is CCn1ccnc1NC1c2ccccc2CC1Cl. The van der Waals surface area contributed by atoms with Crippen LogP contribution in [0.25, 0.3) is 0 Å². The van der Waals surface area contributed by atoms with E-state index < -0.39 is 0 Å². The molecule has 0 saturated carbocycles. The van der Waals surface area contributed by atoms with Crippen LogP contribution in [0.2, 0.25) is 0 Å². The Morgan fingerprint density at radius 2 is 2.28 bits per heavy atom. The molecule has 0 spiro atoms. The minimum atomic E-state index is 0.0874. The Morgan fingerprint density at radius 3 is 3.11 bits per heavy atom. The Hall–Kier alpha value is -1.48. The molecule has 0 bridgehead atoms. The molecule has 1 aliphatic rings. The van der Waals surface area contributed by atoms with Gasteiger partial charge >= 0.3 is 0 Å². The van der Waals surface area contributed by atoms with Crippen molar-refractivity contribution in [2.45, 2.75) is 31.3 Å². The quantitative estimate of drug-likeness (QED) is 0.860. The predicted octanol–water partition coefficient (Wildman–Crippen LogP) is 3.22. The zero-order chi connectivity index (χ0) is 12.5. The van der Waals surface area contributed by atoms with Crippen molar-refractivity contribution in [3.8, 4) is 0 Å². The van der Waals surface area contributed by atoms with Crippen LogP contribution in [-0.4, -0.2) is 14.9 Å². The highest BCUT2D eigenvalue weighted by Crippen LogP contribution is 2.36. The lowest BCUT2D eigenvalue weighted by Gasteiger charge is -2.18. The van der Waals surface area contributed by atoms with Crippen molar-refractivity contribution in [2.75, 3.05) is 5.32 Å². The van der Waals surface area contributed by atoms with Crippen LogP contribution in [0.3, 0.4) is 0 Å². The van der Waals surface area contributed by atoms with Crippen molar-refractivity contribution in [3.05, 3.63) is 47.8 Å². The van der Waals surface area contributed by atoms with E-state index in [9.17, 15) is 0 Å². The molecule has 1 aromatic heterocycles. The monoisotopic (exact) mass is 261 g/mol. The number of imidazole rings is 1. The minimum absolute atomic E-state index is 0.0874. The van der Waals surface area contributed by atoms with Gasteiger partial charge in [0.2, 0.25) is 5.95 Å². The van der Waals surface area contributed by atoms with Crippen molar-refractivity contribution < 1.29 is 0 Å². The maximum atomic E-state index is 6.46. The average Bonchev–Trinajstić information content (AvgIpc) is 2.95. The van der Waals surface area contributed by atoms with E-state index >= 15 is 0 Å². The summed E-state index contributed by atoms with van der Waals surface area (Å²) in [5.74, 6) is 0.893. The molecule has 2 unspecified atom stereocenters. The maximum absolute atomic E-state index is 6.46. The van der Waals surface area contributed by atoms with Gasteiger partial charge in [0.1, 0.15) is 0 Å². The Balaban J connectivity index is 1.89. The summed E-state index contributed by atoms with van der Waals surface area (Å²) in [6, 6.07) is 8.58. The van der Waals surface area contributed by atoms with Crippen LogP contribution in [0.4, 0.5) is 5.95 Å². The van der Waals surface area contributed by atoms with Gasteiger partial charge in [-0.2, -0.15) is 0 Å². The van der Waals surface area contributed by atoms with Crippen LogP contribution in [0.15, 0.2) is 36.7 Å². The molecule has 94 valence electrons. The summed E-state index contributed by atoms with van der Waals surface area (Å²) in [4.78, 5) is 4.35. The molecule has 1 N–H and O–H groups in total. The minimum Gasteiger partial charge on any atom is -0.347 e. The fourth-order valence-corrected chi connectivity index (χ4v) is 2.92. The second-order valence-electron chi connectivity index (χ2n) is 4.58. The van der Waals surface area contributed by atoms with E-state index in [1.165, 1.54) is 11.1 Å². The van der Waals surface area contributed by atoms with Gasteiger partial charge in [-0.1, -0.05) is 24.3 Å². The summed E-state index contributed by atoms with van der Waals surface area (Å²) in [6.07, 6.45) is 4.71. The number of anilines is 1. The maximum Gasteiger partial charge on any atom is 0.203 e. The normalized spacial score (nSPS) is 21.9. The van der Waals surface area contributed by atoms with Gasteiger partial charge in [-0.15, -0.1) is 11.6 Å². The molecule has 2 atom stereocenters. The highest BCUT2D eigenvalue weighted by atomic mass is 35.5. The first kappa shape index (κ1) is 11.6. The van der Waals surface area contributed by atoms with Gasteiger partial charge in [0.15, 0.2) is 0 Å². The van der Waals surface area contributed by atoms with Gasteiger partial charge < -0.3 is 9.88 Å². The summed E-state index contributed by atoms with van der Waals surface area (Å²) >= 11 is 6.46. The largest absolute Gasteiger partial charge is 0.347 e. The molecular formula is C14H16ClN3. The molecule has 3 rings (SSSR count). The molecule has 2 aromatic rings. The van der Waals surface area contributed by atoms with Crippen LogP contribution in [0.1, 0.15) is 24.1 Å². The molecule has 4 heteroatoms. The number of halogens is 1. The van der Waals surface area contributed by atoms with Crippen LogP contribution in [-0.2, 0) is 13.0 Å². The summed E-state index contributed by atoms with van der Waals surface area (Å²) in [5, 5.41) is 3.55. The molecule has 0 radical (unpaired) electrons. The Labute approximate surface area is 112 Å². The average molecular weight is 262 g/mol. The number of fused-ring (bicyclic) bond motifs is 1. The van der Waals surface area contributed by atoms with Gasteiger partial charge in [0.05, 0.1) is 11.4 Å². The van der Waals surface area contributed by atoms with Gasteiger partial charge in [0, 0.05) is 18.9 Å². The number of rotatable bonds is 3. The van der Waals surface area contributed by atoms with Gasteiger partial charge in [-0.25, -0.2) is 4.98 Å². The molecule has 0 saturated heterocycles. The molecule has 0 fully saturated rings. The van der Waals surface area contributed by atoms with E-state index in [1.54, 1.807) is 0 Å². The third-order valence-electron chi connectivity index (χ3n) is 3.51. The van der Waals surface area contributed by atoms with E-state index in [4.69, 9.17) is 11.6 Å². The van der Waals surface area contributed by atoms with Crippen LogP contribution < -0.4 is 5.32 Å². The van der Waals surface area contributed by atoms with E-state index in [0.29, 0.717) is 0 Å². The molecule has 3 nitrogen and oxygen atoms in total. The van der Waals surface area contributed by atoms with Crippen molar-refractivity contribution in [3.63, 3.8) is 0 Å². The van der Waals surface area contributed by atoms with E-state index in [1.807, 2.05) is 12.4 Å². The van der Waals surface area contributed by atoms with E-state index in [0.717, 1.165) is 18.9 Å². The smallest absolute Gasteiger partial charge is 0.203 e. The number of aromatic nitrogens is 2. The molecule has 0 amide bonds. The number of hydrogen-bond acceptors (Lipinski definition) is 2. The Morgan fingerprint density at radius 1 is 1.44 bits per heavy atom. The zero-order valence-corrected chi connectivity index (χ0v) is 11.1. The highest BCUT2D eigenvalue weighted by molar-refractivity contribution is 6.21. The van der Waals surface area contributed by atoms with Crippen molar-refractivity contribution in [1.29, 1.82) is 0 Å². The van der Waals surface area contributed by atoms with Gasteiger partial charge in [0.25, 0.3) is 0 Å². The summed E-state index contributed by atoms with van der Waals surface area (Å²) < 4.78 is 2.09. The standard InChI is InChI=1S/C14H16ClN3/c1-2-18-8-7-16-14(18)17-13-11-6-4-3-5-10(11)9-12(13)15/h3-8,12-13H,2,9H2,1H3,(H,16,17). The van der Waals surface area contributed by atoms with Gasteiger partial charge in [-0.3, -0.25) is 0 Å². The van der Waals surface area contributed by atoms with Crippen LogP contribution in [0.5, 0.6) is 0 Å². The molecule has 1 aromatic carbocycles. The molecule has 18 heavy (non-hydrogen) atoms. The van der Waals surface area contributed by atoms with E-state index in [2.05, 4.69) is 46.1 Å². The van der Waals surface area contributed by atoms with Crippen molar-refractivity contribution in [2.24, 2.45) is 0 Å². The number of aryl methyl sites for hydroxylation is 1. The Bertz CT molecular complexity index is 549. The topological polar surface area (TPSA) is 29.9 Å². The third kappa shape index (κ3) is 1.89. The number of nitrogens with zero attached hydrogens (tertiary/aromatic N) is 2. The van der Waals surface area contributed by atoms with Crippen LogP contribution >= 0.6 is 11.6 Å². The first-order valence-electron chi connectivity index (χ1n) is 6.29. The van der Waals surface area contributed by atoms with Crippen molar-refractivity contribution in [1.82, 2.24) is 9.55 Å². The number of hydrogen-bond donors (Lipinski definition) is 1. The first-order valence-corrected chi connectivity index (χ1v) is 6.72. The lowest BCUT2D eigenvalue weighted by Crippen LogP contribution is -2.19. The lowest BCUT2D eigenvalue weighted by atomic mass is 10.1. The van der Waals surface area contributed by atoms with Crippen molar-refractivity contribution >= 4 is 17.5 Å². The molecule has 1 heterocycles.